The molecular formula is C10H13NOS. The van der Waals surface area contributed by atoms with Crippen molar-refractivity contribution >= 4 is 17.2 Å². The summed E-state index contributed by atoms with van der Waals surface area (Å²) in [5.41, 5.74) is 0.895. The molecule has 13 heavy (non-hydrogen) atoms. The predicted octanol–water partition coefficient (Wildman–Crippen LogP) is 2.29. The molecule has 1 aromatic rings. The van der Waals surface area contributed by atoms with Gasteiger partial charge in [-0.2, -0.15) is 0 Å². The Kier molecular flexibility index (Phi) is 2.36. The Hall–Kier alpha value is -0.830. The van der Waals surface area contributed by atoms with Crippen molar-refractivity contribution in [2.75, 3.05) is 13.1 Å². The highest BCUT2D eigenvalue weighted by atomic mass is 32.1. The summed E-state index contributed by atoms with van der Waals surface area (Å²) in [6.07, 6.45) is 2.32. The SMILES string of the molecule is Cc1sccc1C(=O)N1CCCC1. The number of carbonyl (C=O) groups is 1. The van der Waals surface area contributed by atoms with Crippen LogP contribution in [0.25, 0.3) is 0 Å². The van der Waals surface area contributed by atoms with Crippen molar-refractivity contribution in [3.63, 3.8) is 0 Å². The van der Waals surface area contributed by atoms with Crippen molar-refractivity contribution in [1.82, 2.24) is 4.90 Å². The minimum absolute atomic E-state index is 0.219. The van der Waals surface area contributed by atoms with E-state index >= 15 is 0 Å². The van der Waals surface area contributed by atoms with Crippen LogP contribution in [0.3, 0.4) is 0 Å². The average Bonchev–Trinajstić information content (AvgIpc) is 2.72. The van der Waals surface area contributed by atoms with E-state index in [9.17, 15) is 4.79 Å². The number of hydrogen-bond acceptors (Lipinski definition) is 2. The summed E-state index contributed by atoms with van der Waals surface area (Å²) in [5, 5.41) is 1.98. The molecule has 1 aliphatic heterocycles. The van der Waals surface area contributed by atoms with Gasteiger partial charge < -0.3 is 4.90 Å². The third-order valence-electron chi connectivity index (χ3n) is 2.48. The van der Waals surface area contributed by atoms with Crippen molar-refractivity contribution in [2.24, 2.45) is 0 Å². The molecule has 0 N–H and O–H groups in total. The Morgan fingerprint density at radius 1 is 1.46 bits per heavy atom. The summed E-state index contributed by atoms with van der Waals surface area (Å²) in [6.45, 7) is 3.89. The van der Waals surface area contributed by atoms with Gasteiger partial charge >= 0.3 is 0 Å². The lowest BCUT2D eigenvalue weighted by molar-refractivity contribution is 0.0793. The van der Waals surface area contributed by atoms with Crippen molar-refractivity contribution in [3.8, 4) is 0 Å². The maximum atomic E-state index is 11.9. The van der Waals surface area contributed by atoms with Crippen LogP contribution >= 0.6 is 11.3 Å². The zero-order chi connectivity index (χ0) is 9.26. The fraction of sp³-hybridized carbons (Fsp3) is 0.500. The van der Waals surface area contributed by atoms with E-state index in [1.165, 1.54) is 0 Å². The Labute approximate surface area is 82.2 Å². The second-order valence-corrected chi connectivity index (χ2v) is 4.51. The zero-order valence-corrected chi connectivity index (χ0v) is 8.56. The fourth-order valence-electron chi connectivity index (χ4n) is 1.70. The van der Waals surface area contributed by atoms with Gasteiger partial charge in [0.05, 0.1) is 5.56 Å². The van der Waals surface area contributed by atoms with Crippen LogP contribution in [-0.4, -0.2) is 23.9 Å². The monoisotopic (exact) mass is 195 g/mol. The third kappa shape index (κ3) is 1.61. The summed E-state index contributed by atoms with van der Waals surface area (Å²) < 4.78 is 0. The molecule has 0 unspecified atom stereocenters. The highest BCUT2D eigenvalue weighted by molar-refractivity contribution is 7.10. The van der Waals surface area contributed by atoms with Gasteiger partial charge in [0.2, 0.25) is 0 Å². The highest BCUT2D eigenvalue weighted by Crippen LogP contribution is 2.19. The van der Waals surface area contributed by atoms with Gasteiger partial charge in [0.25, 0.3) is 5.91 Å². The Morgan fingerprint density at radius 2 is 2.15 bits per heavy atom. The molecule has 1 aliphatic rings. The van der Waals surface area contributed by atoms with Gasteiger partial charge in [-0.05, 0) is 31.2 Å². The molecule has 1 aromatic heterocycles. The van der Waals surface area contributed by atoms with Crippen LogP contribution < -0.4 is 0 Å². The minimum Gasteiger partial charge on any atom is -0.339 e. The third-order valence-corrected chi connectivity index (χ3v) is 3.33. The number of thiophene rings is 1. The lowest BCUT2D eigenvalue weighted by atomic mass is 10.2. The molecule has 2 rings (SSSR count). The van der Waals surface area contributed by atoms with Crippen molar-refractivity contribution in [1.29, 1.82) is 0 Å². The van der Waals surface area contributed by atoms with E-state index in [0.29, 0.717) is 0 Å². The van der Waals surface area contributed by atoms with Crippen LogP contribution in [0.15, 0.2) is 11.4 Å². The predicted molar refractivity (Wildman–Crippen MR) is 54.2 cm³/mol. The Bertz CT molecular complexity index is 312. The Morgan fingerprint density at radius 3 is 2.69 bits per heavy atom. The van der Waals surface area contributed by atoms with Gasteiger partial charge in [0.15, 0.2) is 0 Å². The zero-order valence-electron chi connectivity index (χ0n) is 7.75. The van der Waals surface area contributed by atoms with E-state index in [-0.39, 0.29) is 5.91 Å². The number of carbonyl (C=O) groups excluding carboxylic acids is 1. The summed E-state index contributed by atoms with van der Waals surface area (Å²) in [4.78, 5) is 15.0. The van der Waals surface area contributed by atoms with Crippen LogP contribution in [-0.2, 0) is 0 Å². The molecule has 1 saturated heterocycles. The molecule has 0 atom stereocenters. The molecule has 0 aliphatic carbocycles. The smallest absolute Gasteiger partial charge is 0.254 e. The number of amides is 1. The fourth-order valence-corrected chi connectivity index (χ4v) is 2.39. The second kappa shape index (κ2) is 3.50. The number of likely N-dealkylation sites (tertiary alicyclic amines) is 1. The molecule has 3 heteroatoms. The van der Waals surface area contributed by atoms with Crippen molar-refractivity contribution in [2.45, 2.75) is 19.8 Å². The van der Waals surface area contributed by atoms with Crippen LogP contribution in [0.2, 0.25) is 0 Å². The summed E-state index contributed by atoms with van der Waals surface area (Å²) in [7, 11) is 0. The molecular weight excluding hydrogens is 182 g/mol. The van der Waals surface area contributed by atoms with E-state index in [2.05, 4.69) is 0 Å². The number of nitrogens with zero attached hydrogens (tertiary/aromatic N) is 1. The summed E-state index contributed by atoms with van der Waals surface area (Å²) in [6, 6.07) is 1.93. The lowest BCUT2D eigenvalue weighted by Gasteiger charge is -2.14. The van der Waals surface area contributed by atoms with E-state index in [1.807, 2.05) is 23.3 Å². The summed E-state index contributed by atoms with van der Waals surface area (Å²) in [5.74, 6) is 0.219. The molecule has 1 fully saturated rings. The first-order valence-electron chi connectivity index (χ1n) is 4.62. The quantitative estimate of drug-likeness (QED) is 0.673. The van der Waals surface area contributed by atoms with Gasteiger partial charge in [-0.1, -0.05) is 0 Å². The van der Waals surface area contributed by atoms with Gasteiger partial charge in [-0.15, -0.1) is 11.3 Å². The molecule has 70 valence electrons. The molecule has 0 saturated carbocycles. The van der Waals surface area contributed by atoms with E-state index in [4.69, 9.17) is 0 Å². The highest BCUT2D eigenvalue weighted by Gasteiger charge is 2.20. The van der Waals surface area contributed by atoms with Crippen molar-refractivity contribution in [3.05, 3.63) is 21.9 Å². The van der Waals surface area contributed by atoms with E-state index < -0.39 is 0 Å². The van der Waals surface area contributed by atoms with Gasteiger partial charge in [-0.25, -0.2) is 0 Å². The Balaban J connectivity index is 2.17. The van der Waals surface area contributed by atoms with Crippen LogP contribution in [0.5, 0.6) is 0 Å². The number of aryl methyl sites for hydroxylation is 1. The first-order chi connectivity index (χ1) is 6.29. The first-order valence-corrected chi connectivity index (χ1v) is 5.50. The molecule has 0 radical (unpaired) electrons. The largest absolute Gasteiger partial charge is 0.339 e. The van der Waals surface area contributed by atoms with Crippen LogP contribution in [0.1, 0.15) is 28.1 Å². The van der Waals surface area contributed by atoms with Crippen molar-refractivity contribution < 1.29 is 4.79 Å². The number of hydrogen-bond donors (Lipinski definition) is 0. The normalized spacial score (nSPS) is 16.5. The van der Waals surface area contributed by atoms with Gasteiger partial charge in [0, 0.05) is 18.0 Å². The number of rotatable bonds is 1. The topological polar surface area (TPSA) is 20.3 Å². The molecule has 2 nitrogen and oxygen atoms in total. The van der Waals surface area contributed by atoms with Crippen LogP contribution in [0.4, 0.5) is 0 Å². The first kappa shape index (κ1) is 8.75. The molecule has 0 aromatic carbocycles. The van der Waals surface area contributed by atoms with E-state index in [0.717, 1.165) is 36.4 Å². The van der Waals surface area contributed by atoms with Gasteiger partial charge in [-0.3, -0.25) is 4.79 Å². The van der Waals surface area contributed by atoms with E-state index in [1.54, 1.807) is 11.3 Å². The maximum absolute atomic E-state index is 11.9. The summed E-state index contributed by atoms with van der Waals surface area (Å²) >= 11 is 1.64. The molecule has 0 bridgehead atoms. The lowest BCUT2D eigenvalue weighted by Crippen LogP contribution is -2.27. The van der Waals surface area contributed by atoms with Gasteiger partial charge in [0.1, 0.15) is 0 Å². The molecule has 2 heterocycles. The van der Waals surface area contributed by atoms with Crippen LogP contribution in [0, 0.1) is 6.92 Å². The molecule has 1 amide bonds. The molecule has 0 spiro atoms. The standard InChI is InChI=1S/C10H13NOS/c1-8-9(4-7-13-8)10(12)11-5-2-3-6-11/h4,7H,2-3,5-6H2,1H3. The minimum atomic E-state index is 0.219. The maximum Gasteiger partial charge on any atom is 0.254 e. The average molecular weight is 195 g/mol. The second-order valence-electron chi connectivity index (χ2n) is 3.39.